The number of carboxylic acids is 1. The van der Waals surface area contributed by atoms with Gasteiger partial charge in [-0.3, -0.25) is 0 Å². The van der Waals surface area contributed by atoms with Gasteiger partial charge < -0.3 is 10.0 Å². The van der Waals surface area contributed by atoms with Crippen LogP contribution >= 0.6 is 11.3 Å². The fourth-order valence-electron chi connectivity index (χ4n) is 3.77. The first-order chi connectivity index (χ1) is 12.5. The molecule has 2 aromatic heterocycles. The first kappa shape index (κ1) is 17.0. The summed E-state index contributed by atoms with van der Waals surface area (Å²) in [6, 6.07) is 5.94. The van der Waals surface area contributed by atoms with Gasteiger partial charge in [0.25, 0.3) is 0 Å². The minimum atomic E-state index is -0.783. The van der Waals surface area contributed by atoms with E-state index in [2.05, 4.69) is 48.9 Å². The van der Waals surface area contributed by atoms with Crippen molar-refractivity contribution in [2.45, 2.75) is 39.7 Å². The van der Waals surface area contributed by atoms with E-state index in [1.54, 1.807) is 17.7 Å². The summed E-state index contributed by atoms with van der Waals surface area (Å²) in [5.41, 5.74) is 4.76. The monoisotopic (exact) mass is 367 g/mol. The molecule has 1 aliphatic heterocycles. The number of rotatable bonds is 3. The Labute approximate surface area is 156 Å². The van der Waals surface area contributed by atoms with Crippen LogP contribution in [0.1, 0.15) is 28.8 Å². The molecule has 0 radical (unpaired) electrons. The SMILES string of the molecule is Cc1ccc(-c2c(C)sc3ncnc(N4CCCC4C(=O)O)c23)cc1C. The molecule has 3 aromatic rings. The summed E-state index contributed by atoms with van der Waals surface area (Å²) < 4.78 is 0. The number of fused-ring (bicyclic) bond motifs is 1. The van der Waals surface area contributed by atoms with Crippen LogP contribution in [0.15, 0.2) is 24.5 Å². The number of aryl methyl sites for hydroxylation is 3. The molecule has 0 amide bonds. The Hall–Kier alpha value is -2.47. The lowest BCUT2D eigenvalue weighted by molar-refractivity contribution is -0.138. The van der Waals surface area contributed by atoms with E-state index in [1.165, 1.54) is 16.0 Å². The van der Waals surface area contributed by atoms with Crippen molar-refractivity contribution in [1.29, 1.82) is 0 Å². The standard InChI is InChI=1S/C20H21N3O2S/c1-11-6-7-14(9-12(11)2)16-13(3)26-19-17(16)18(21-10-22-19)23-8-4-5-15(23)20(24)25/h6-7,9-10,15H,4-5,8H2,1-3H3,(H,24,25). The number of carboxylic acid groups (broad SMARTS) is 1. The van der Waals surface area contributed by atoms with Gasteiger partial charge in [0.2, 0.25) is 0 Å². The number of nitrogens with zero attached hydrogens (tertiary/aromatic N) is 3. The van der Waals surface area contributed by atoms with E-state index >= 15 is 0 Å². The molecule has 1 atom stereocenters. The summed E-state index contributed by atoms with van der Waals surface area (Å²) in [5.74, 6) is -0.0357. The summed E-state index contributed by atoms with van der Waals surface area (Å²) in [6.45, 7) is 7.03. The molecular weight excluding hydrogens is 346 g/mol. The Balaban J connectivity index is 1.96. The van der Waals surface area contributed by atoms with Gasteiger partial charge in [0.05, 0.1) is 5.39 Å². The molecule has 1 saturated heterocycles. The van der Waals surface area contributed by atoms with Crippen LogP contribution < -0.4 is 4.90 Å². The number of anilines is 1. The topological polar surface area (TPSA) is 66.3 Å². The van der Waals surface area contributed by atoms with E-state index in [9.17, 15) is 9.90 Å². The highest BCUT2D eigenvalue weighted by Crippen LogP contribution is 2.43. The van der Waals surface area contributed by atoms with E-state index in [4.69, 9.17) is 0 Å². The predicted molar refractivity (Wildman–Crippen MR) is 105 cm³/mol. The Morgan fingerprint density at radius 3 is 2.77 bits per heavy atom. The zero-order valence-corrected chi connectivity index (χ0v) is 15.9. The first-order valence-electron chi connectivity index (χ1n) is 8.78. The number of carbonyl (C=O) groups is 1. The van der Waals surface area contributed by atoms with E-state index in [1.807, 2.05) is 4.90 Å². The summed E-state index contributed by atoms with van der Waals surface area (Å²) in [4.78, 5) is 24.7. The molecular formula is C20H21N3O2S. The lowest BCUT2D eigenvalue weighted by Crippen LogP contribution is -2.36. The van der Waals surface area contributed by atoms with Crippen LogP contribution in [0.25, 0.3) is 21.3 Å². The van der Waals surface area contributed by atoms with Crippen molar-refractivity contribution in [3.8, 4) is 11.1 Å². The lowest BCUT2D eigenvalue weighted by atomic mass is 9.99. The van der Waals surface area contributed by atoms with Crippen LogP contribution in [0.5, 0.6) is 0 Å². The van der Waals surface area contributed by atoms with E-state index in [0.717, 1.165) is 33.6 Å². The normalized spacial score (nSPS) is 17.2. The number of benzene rings is 1. The van der Waals surface area contributed by atoms with Crippen LogP contribution in [-0.4, -0.2) is 33.6 Å². The average molecular weight is 367 g/mol. The molecule has 1 N–H and O–H groups in total. The van der Waals surface area contributed by atoms with Crippen molar-refractivity contribution >= 4 is 33.3 Å². The highest BCUT2D eigenvalue weighted by Gasteiger charge is 2.33. The van der Waals surface area contributed by atoms with Crippen LogP contribution in [-0.2, 0) is 4.79 Å². The molecule has 0 saturated carbocycles. The average Bonchev–Trinajstić information content (AvgIpc) is 3.21. The Kier molecular flexibility index (Phi) is 4.15. The van der Waals surface area contributed by atoms with Crippen LogP contribution in [0.2, 0.25) is 0 Å². The number of thiophene rings is 1. The molecule has 134 valence electrons. The third-order valence-electron chi connectivity index (χ3n) is 5.25. The maximum absolute atomic E-state index is 11.7. The fourth-order valence-corrected chi connectivity index (χ4v) is 4.78. The Morgan fingerprint density at radius 1 is 1.23 bits per heavy atom. The molecule has 1 fully saturated rings. The molecule has 4 rings (SSSR count). The molecule has 0 spiro atoms. The van der Waals surface area contributed by atoms with Crippen molar-refractivity contribution in [1.82, 2.24) is 9.97 Å². The van der Waals surface area contributed by atoms with Gasteiger partial charge in [0.1, 0.15) is 23.0 Å². The third-order valence-corrected chi connectivity index (χ3v) is 6.26. The second-order valence-electron chi connectivity index (χ2n) is 6.90. The Bertz CT molecular complexity index is 1010. The van der Waals surface area contributed by atoms with Gasteiger partial charge in [-0.15, -0.1) is 11.3 Å². The van der Waals surface area contributed by atoms with Gasteiger partial charge in [-0.2, -0.15) is 0 Å². The van der Waals surface area contributed by atoms with E-state index in [0.29, 0.717) is 13.0 Å². The van der Waals surface area contributed by atoms with Crippen molar-refractivity contribution in [2.75, 3.05) is 11.4 Å². The van der Waals surface area contributed by atoms with Gasteiger partial charge >= 0.3 is 5.97 Å². The Morgan fingerprint density at radius 2 is 2.04 bits per heavy atom. The number of aromatic nitrogens is 2. The number of hydrogen-bond donors (Lipinski definition) is 1. The summed E-state index contributed by atoms with van der Waals surface area (Å²) >= 11 is 1.64. The van der Waals surface area contributed by atoms with Gasteiger partial charge in [-0.25, -0.2) is 14.8 Å². The van der Waals surface area contributed by atoms with Gasteiger partial charge in [0.15, 0.2) is 0 Å². The highest BCUT2D eigenvalue weighted by molar-refractivity contribution is 7.19. The zero-order valence-electron chi connectivity index (χ0n) is 15.1. The summed E-state index contributed by atoms with van der Waals surface area (Å²) in [7, 11) is 0. The maximum atomic E-state index is 11.7. The minimum Gasteiger partial charge on any atom is -0.480 e. The number of hydrogen-bond acceptors (Lipinski definition) is 5. The molecule has 1 aliphatic rings. The van der Waals surface area contributed by atoms with Crippen LogP contribution in [0.3, 0.4) is 0 Å². The van der Waals surface area contributed by atoms with Crippen molar-refractivity contribution in [2.24, 2.45) is 0 Å². The molecule has 6 heteroatoms. The highest BCUT2D eigenvalue weighted by atomic mass is 32.1. The van der Waals surface area contributed by atoms with Crippen molar-refractivity contribution < 1.29 is 9.90 Å². The zero-order chi connectivity index (χ0) is 18.4. The number of aliphatic carboxylic acids is 1. The molecule has 0 bridgehead atoms. The van der Waals surface area contributed by atoms with Crippen molar-refractivity contribution in [3.05, 3.63) is 40.5 Å². The largest absolute Gasteiger partial charge is 0.480 e. The smallest absolute Gasteiger partial charge is 0.326 e. The van der Waals surface area contributed by atoms with Crippen LogP contribution in [0.4, 0.5) is 5.82 Å². The van der Waals surface area contributed by atoms with Crippen LogP contribution in [0, 0.1) is 20.8 Å². The first-order valence-corrected chi connectivity index (χ1v) is 9.60. The molecule has 5 nitrogen and oxygen atoms in total. The molecule has 3 heterocycles. The second-order valence-corrected chi connectivity index (χ2v) is 8.10. The van der Waals surface area contributed by atoms with Gasteiger partial charge in [-0.1, -0.05) is 18.2 Å². The van der Waals surface area contributed by atoms with E-state index < -0.39 is 12.0 Å². The maximum Gasteiger partial charge on any atom is 0.326 e. The fraction of sp³-hybridized carbons (Fsp3) is 0.350. The van der Waals surface area contributed by atoms with E-state index in [-0.39, 0.29) is 0 Å². The molecule has 1 unspecified atom stereocenters. The summed E-state index contributed by atoms with van der Waals surface area (Å²) in [6.07, 6.45) is 3.07. The van der Waals surface area contributed by atoms with Gasteiger partial charge in [0, 0.05) is 17.0 Å². The molecule has 26 heavy (non-hydrogen) atoms. The van der Waals surface area contributed by atoms with Gasteiger partial charge in [-0.05, 0) is 50.3 Å². The molecule has 0 aliphatic carbocycles. The minimum absolute atomic E-state index is 0.513. The lowest BCUT2D eigenvalue weighted by Gasteiger charge is -2.23. The second kappa shape index (κ2) is 6.36. The predicted octanol–water partition coefficient (Wildman–Crippen LogP) is 4.34. The third kappa shape index (κ3) is 2.65. The van der Waals surface area contributed by atoms with Crippen molar-refractivity contribution in [3.63, 3.8) is 0 Å². The summed E-state index contributed by atoms with van der Waals surface area (Å²) in [5, 5.41) is 10.6. The quantitative estimate of drug-likeness (QED) is 0.746. The molecule has 1 aromatic carbocycles.